The molecule has 2 aliphatic rings. The lowest BCUT2D eigenvalue weighted by atomic mass is 9.85. The summed E-state index contributed by atoms with van der Waals surface area (Å²) in [6, 6.07) is 4.92. The summed E-state index contributed by atoms with van der Waals surface area (Å²) in [5, 5.41) is 3.55. The molecule has 72 valence electrons. The minimum Gasteiger partial charge on any atom is -0.313 e. The van der Waals surface area contributed by atoms with Crippen LogP contribution in [-0.4, -0.2) is 17.6 Å². The summed E-state index contributed by atoms with van der Waals surface area (Å²) < 4.78 is 0. The lowest BCUT2D eigenvalue weighted by Gasteiger charge is -2.19. The Labute approximate surface area is 84.1 Å². The molecule has 2 unspecified atom stereocenters. The van der Waals surface area contributed by atoms with Crippen molar-refractivity contribution in [2.24, 2.45) is 5.92 Å². The van der Waals surface area contributed by atoms with Gasteiger partial charge in [0, 0.05) is 25.0 Å². The van der Waals surface area contributed by atoms with E-state index < -0.39 is 0 Å². The fourth-order valence-electron chi connectivity index (χ4n) is 2.56. The van der Waals surface area contributed by atoms with Crippen molar-refractivity contribution >= 4 is 5.57 Å². The predicted molar refractivity (Wildman–Crippen MR) is 56.7 cm³/mol. The van der Waals surface area contributed by atoms with Crippen molar-refractivity contribution in [1.82, 2.24) is 10.3 Å². The van der Waals surface area contributed by atoms with Crippen LogP contribution in [0.4, 0.5) is 0 Å². The zero-order chi connectivity index (χ0) is 9.38. The third kappa shape index (κ3) is 1.26. The molecule has 1 N–H and O–H groups in total. The van der Waals surface area contributed by atoms with Gasteiger partial charge in [-0.1, -0.05) is 12.1 Å². The minimum atomic E-state index is 0.720. The van der Waals surface area contributed by atoms with Gasteiger partial charge in [-0.15, -0.1) is 0 Å². The van der Waals surface area contributed by atoms with Crippen LogP contribution in [0.1, 0.15) is 18.4 Å². The molecule has 2 heteroatoms. The maximum atomic E-state index is 4.18. The van der Waals surface area contributed by atoms with Crippen LogP contribution in [0.15, 0.2) is 30.6 Å². The number of aromatic nitrogens is 1. The molecule has 1 aromatic rings. The first-order valence-electron chi connectivity index (χ1n) is 5.27. The van der Waals surface area contributed by atoms with E-state index >= 15 is 0 Å². The van der Waals surface area contributed by atoms with Gasteiger partial charge in [0.05, 0.1) is 0 Å². The number of hydrogen-bond acceptors (Lipinski definition) is 2. The Morgan fingerprint density at radius 2 is 2.43 bits per heavy atom. The van der Waals surface area contributed by atoms with Crippen LogP contribution in [0.5, 0.6) is 0 Å². The van der Waals surface area contributed by atoms with E-state index in [0.29, 0.717) is 0 Å². The van der Waals surface area contributed by atoms with Crippen LogP contribution in [0, 0.1) is 5.92 Å². The average molecular weight is 186 g/mol. The van der Waals surface area contributed by atoms with Crippen molar-refractivity contribution in [2.45, 2.75) is 18.9 Å². The van der Waals surface area contributed by atoms with Crippen molar-refractivity contribution in [2.75, 3.05) is 6.54 Å². The van der Waals surface area contributed by atoms with E-state index in [-0.39, 0.29) is 0 Å². The SMILES string of the molecule is C1=C(c2cccnc2)C2CNC(C1)C2. The van der Waals surface area contributed by atoms with E-state index in [4.69, 9.17) is 0 Å². The molecule has 0 aromatic carbocycles. The predicted octanol–water partition coefficient (Wildman–Crippen LogP) is 1.85. The molecule has 1 fully saturated rings. The van der Waals surface area contributed by atoms with Gasteiger partial charge in [0.1, 0.15) is 0 Å². The van der Waals surface area contributed by atoms with Gasteiger partial charge in [-0.05, 0) is 36.0 Å². The third-order valence-electron chi connectivity index (χ3n) is 3.28. The highest BCUT2D eigenvalue weighted by atomic mass is 15.0. The number of nitrogens with zero attached hydrogens (tertiary/aromatic N) is 1. The van der Waals surface area contributed by atoms with Crippen LogP contribution in [-0.2, 0) is 0 Å². The van der Waals surface area contributed by atoms with Crippen molar-refractivity contribution in [3.8, 4) is 0 Å². The number of fused-ring (bicyclic) bond motifs is 2. The van der Waals surface area contributed by atoms with Crippen LogP contribution >= 0.6 is 0 Å². The van der Waals surface area contributed by atoms with Gasteiger partial charge in [-0.25, -0.2) is 0 Å². The summed E-state index contributed by atoms with van der Waals surface area (Å²) in [7, 11) is 0. The standard InChI is InChI=1S/C12H14N2/c1-2-9(7-13-5-1)12-4-3-11-6-10(12)8-14-11/h1-2,4-5,7,10-11,14H,3,6,8H2. The number of rotatable bonds is 1. The second-order valence-electron chi connectivity index (χ2n) is 4.17. The number of pyridine rings is 1. The fourth-order valence-corrected chi connectivity index (χ4v) is 2.56. The van der Waals surface area contributed by atoms with E-state index in [1.54, 1.807) is 0 Å². The molecule has 0 saturated carbocycles. The van der Waals surface area contributed by atoms with Gasteiger partial charge in [-0.2, -0.15) is 0 Å². The summed E-state index contributed by atoms with van der Waals surface area (Å²) in [6.07, 6.45) is 8.68. The molecule has 3 rings (SSSR count). The summed E-state index contributed by atoms with van der Waals surface area (Å²) in [5.74, 6) is 0.720. The van der Waals surface area contributed by atoms with Crippen LogP contribution in [0.25, 0.3) is 5.57 Å². The van der Waals surface area contributed by atoms with E-state index in [2.05, 4.69) is 22.4 Å². The van der Waals surface area contributed by atoms with Gasteiger partial charge in [0.15, 0.2) is 0 Å². The smallest absolute Gasteiger partial charge is 0.0343 e. The van der Waals surface area contributed by atoms with E-state index in [1.165, 1.54) is 24.0 Å². The minimum absolute atomic E-state index is 0.720. The van der Waals surface area contributed by atoms with Gasteiger partial charge in [0.25, 0.3) is 0 Å². The summed E-state index contributed by atoms with van der Waals surface area (Å²) in [4.78, 5) is 4.18. The van der Waals surface area contributed by atoms with Gasteiger partial charge in [0.2, 0.25) is 0 Å². The molecule has 14 heavy (non-hydrogen) atoms. The maximum absolute atomic E-state index is 4.18. The first-order valence-corrected chi connectivity index (χ1v) is 5.27. The zero-order valence-electron chi connectivity index (χ0n) is 8.11. The Morgan fingerprint density at radius 3 is 3.29 bits per heavy atom. The third-order valence-corrected chi connectivity index (χ3v) is 3.28. The Balaban J connectivity index is 1.96. The Bertz CT molecular complexity index is 356. The van der Waals surface area contributed by atoms with E-state index in [0.717, 1.165) is 18.5 Å². The lowest BCUT2D eigenvalue weighted by molar-refractivity contribution is 0.593. The van der Waals surface area contributed by atoms with E-state index in [9.17, 15) is 0 Å². The molecule has 0 radical (unpaired) electrons. The molecule has 2 heterocycles. The second-order valence-corrected chi connectivity index (χ2v) is 4.17. The molecule has 2 atom stereocenters. The highest BCUT2D eigenvalue weighted by molar-refractivity contribution is 5.68. The number of hydrogen-bond donors (Lipinski definition) is 1. The van der Waals surface area contributed by atoms with Crippen molar-refractivity contribution in [1.29, 1.82) is 0 Å². The summed E-state index contributed by atoms with van der Waals surface area (Å²) >= 11 is 0. The van der Waals surface area contributed by atoms with Gasteiger partial charge < -0.3 is 5.32 Å². The molecule has 0 amide bonds. The van der Waals surface area contributed by atoms with Crippen molar-refractivity contribution in [3.63, 3.8) is 0 Å². The Hall–Kier alpha value is -1.15. The first kappa shape index (κ1) is 8.18. The summed E-state index contributed by atoms with van der Waals surface area (Å²) in [5.41, 5.74) is 2.80. The molecule has 1 aliphatic carbocycles. The highest BCUT2D eigenvalue weighted by Crippen LogP contribution is 2.35. The fraction of sp³-hybridized carbons (Fsp3) is 0.417. The molecule has 0 spiro atoms. The van der Waals surface area contributed by atoms with Crippen LogP contribution < -0.4 is 5.32 Å². The Morgan fingerprint density at radius 1 is 1.43 bits per heavy atom. The molecule has 2 bridgehead atoms. The maximum Gasteiger partial charge on any atom is 0.0343 e. The zero-order valence-corrected chi connectivity index (χ0v) is 8.11. The highest BCUT2D eigenvalue weighted by Gasteiger charge is 2.30. The quantitative estimate of drug-likeness (QED) is 0.724. The summed E-state index contributed by atoms with van der Waals surface area (Å²) in [6.45, 7) is 1.14. The molecule has 1 saturated heterocycles. The number of nitrogens with one attached hydrogen (secondary N) is 1. The molecular formula is C12H14N2. The molecular weight excluding hydrogens is 172 g/mol. The Kier molecular flexibility index (Phi) is 1.88. The average Bonchev–Trinajstić information content (AvgIpc) is 2.62. The van der Waals surface area contributed by atoms with Crippen LogP contribution in [0.3, 0.4) is 0 Å². The normalized spacial score (nSPS) is 30.1. The monoisotopic (exact) mass is 186 g/mol. The first-order chi connectivity index (χ1) is 6.93. The van der Waals surface area contributed by atoms with Gasteiger partial charge in [-0.3, -0.25) is 4.98 Å². The van der Waals surface area contributed by atoms with Gasteiger partial charge >= 0.3 is 0 Å². The molecule has 1 aromatic heterocycles. The molecule has 2 nitrogen and oxygen atoms in total. The largest absolute Gasteiger partial charge is 0.313 e. The molecule has 1 aliphatic heterocycles. The lowest BCUT2D eigenvalue weighted by Crippen LogP contribution is -2.19. The topological polar surface area (TPSA) is 24.9 Å². The van der Waals surface area contributed by atoms with Crippen molar-refractivity contribution in [3.05, 3.63) is 36.2 Å². The second kappa shape index (κ2) is 3.21. The van der Waals surface area contributed by atoms with Crippen molar-refractivity contribution < 1.29 is 0 Å². The van der Waals surface area contributed by atoms with Crippen LogP contribution in [0.2, 0.25) is 0 Å². The van der Waals surface area contributed by atoms with E-state index in [1.807, 2.05) is 18.5 Å².